The van der Waals surface area contributed by atoms with E-state index in [9.17, 15) is 4.79 Å². The molecule has 156 valence electrons. The van der Waals surface area contributed by atoms with Crippen molar-refractivity contribution in [3.05, 3.63) is 47.5 Å². The molecule has 2 amide bonds. The van der Waals surface area contributed by atoms with Gasteiger partial charge in [0.2, 0.25) is 0 Å². The van der Waals surface area contributed by atoms with Crippen molar-refractivity contribution in [1.82, 2.24) is 4.90 Å². The van der Waals surface area contributed by atoms with Gasteiger partial charge in [-0.3, -0.25) is 0 Å². The van der Waals surface area contributed by atoms with Crippen LogP contribution in [0.5, 0.6) is 17.2 Å². The van der Waals surface area contributed by atoms with Crippen molar-refractivity contribution in [3.8, 4) is 17.2 Å². The minimum absolute atomic E-state index is 0.0452. The predicted molar refractivity (Wildman–Crippen MR) is 114 cm³/mol. The van der Waals surface area contributed by atoms with Gasteiger partial charge in [0.1, 0.15) is 5.75 Å². The predicted octanol–water partition coefficient (Wildman–Crippen LogP) is 5.17. The SMILES string of the molecule is COc1ccc(C2CCCCCN2C(=O)Nc2cc(OC)c(OC)cc2C)cc1. The first-order chi connectivity index (χ1) is 14.1. The average molecular weight is 399 g/mol. The summed E-state index contributed by atoms with van der Waals surface area (Å²) in [5, 5.41) is 3.08. The highest BCUT2D eigenvalue weighted by molar-refractivity contribution is 5.91. The van der Waals surface area contributed by atoms with Crippen LogP contribution in [0.1, 0.15) is 42.9 Å². The summed E-state index contributed by atoms with van der Waals surface area (Å²) in [6.45, 7) is 2.68. The number of hydrogen-bond acceptors (Lipinski definition) is 4. The Morgan fingerprint density at radius 3 is 2.31 bits per heavy atom. The zero-order chi connectivity index (χ0) is 20.8. The molecular weight excluding hydrogens is 368 g/mol. The minimum atomic E-state index is -0.0944. The highest BCUT2D eigenvalue weighted by Gasteiger charge is 2.27. The lowest BCUT2D eigenvalue weighted by atomic mass is 10.0. The lowest BCUT2D eigenvalue weighted by Crippen LogP contribution is -2.38. The Morgan fingerprint density at radius 1 is 0.966 bits per heavy atom. The number of ether oxygens (including phenoxy) is 3. The van der Waals surface area contributed by atoms with Crippen LogP contribution >= 0.6 is 0 Å². The van der Waals surface area contributed by atoms with Gasteiger partial charge in [-0.2, -0.15) is 0 Å². The van der Waals surface area contributed by atoms with Gasteiger partial charge in [-0.05, 0) is 49.1 Å². The van der Waals surface area contributed by atoms with Crippen molar-refractivity contribution in [3.63, 3.8) is 0 Å². The molecule has 6 heteroatoms. The third kappa shape index (κ3) is 4.75. The van der Waals surface area contributed by atoms with Gasteiger partial charge in [-0.1, -0.05) is 25.0 Å². The Hall–Kier alpha value is -2.89. The van der Waals surface area contributed by atoms with Crippen molar-refractivity contribution < 1.29 is 19.0 Å². The summed E-state index contributed by atoms with van der Waals surface area (Å²) in [6.07, 6.45) is 4.19. The van der Waals surface area contributed by atoms with Crippen molar-refractivity contribution in [2.75, 3.05) is 33.2 Å². The number of carbonyl (C=O) groups excluding carboxylic acids is 1. The number of rotatable bonds is 5. The lowest BCUT2D eigenvalue weighted by molar-refractivity contribution is 0.189. The van der Waals surface area contributed by atoms with Crippen LogP contribution in [0, 0.1) is 6.92 Å². The minimum Gasteiger partial charge on any atom is -0.497 e. The fourth-order valence-electron chi connectivity index (χ4n) is 3.83. The number of nitrogens with one attached hydrogen (secondary N) is 1. The van der Waals surface area contributed by atoms with Gasteiger partial charge in [0.25, 0.3) is 0 Å². The number of carbonyl (C=O) groups is 1. The summed E-state index contributed by atoms with van der Waals surface area (Å²) in [5.41, 5.74) is 2.78. The number of aryl methyl sites for hydroxylation is 1. The van der Waals surface area contributed by atoms with E-state index in [1.54, 1.807) is 21.3 Å². The molecule has 0 aliphatic carbocycles. The number of urea groups is 1. The van der Waals surface area contributed by atoms with E-state index in [-0.39, 0.29) is 12.1 Å². The van der Waals surface area contributed by atoms with Gasteiger partial charge in [0, 0.05) is 18.3 Å². The molecule has 1 unspecified atom stereocenters. The van der Waals surface area contributed by atoms with Crippen LogP contribution in [-0.2, 0) is 0 Å². The zero-order valence-electron chi connectivity index (χ0n) is 17.7. The van der Waals surface area contributed by atoms with Crippen LogP contribution in [0.15, 0.2) is 36.4 Å². The van der Waals surface area contributed by atoms with Gasteiger partial charge in [0.05, 0.1) is 27.4 Å². The topological polar surface area (TPSA) is 60.0 Å². The van der Waals surface area contributed by atoms with Gasteiger partial charge in [0.15, 0.2) is 11.5 Å². The van der Waals surface area contributed by atoms with Gasteiger partial charge in [-0.25, -0.2) is 4.79 Å². The molecule has 2 aromatic carbocycles. The highest BCUT2D eigenvalue weighted by atomic mass is 16.5. The summed E-state index contributed by atoms with van der Waals surface area (Å²) in [7, 11) is 4.85. The number of hydrogen-bond donors (Lipinski definition) is 1. The first-order valence-corrected chi connectivity index (χ1v) is 10.0. The van der Waals surface area contributed by atoms with Crippen LogP contribution in [-0.4, -0.2) is 38.8 Å². The molecule has 1 fully saturated rings. The van der Waals surface area contributed by atoms with Crippen molar-refractivity contribution >= 4 is 11.7 Å². The summed E-state index contributed by atoms with van der Waals surface area (Å²) < 4.78 is 16.0. The number of amides is 2. The Labute approximate surface area is 172 Å². The second kappa shape index (κ2) is 9.54. The molecule has 2 aromatic rings. The molecule has 1 saturated heterocycles. The number of anilines is 1. The molecular formula is C23H30N2O4. The van der Waals surface area contributed by atoms with Crippen molar-refractivity contribution in [2.45, 2.75) is 38.6 Å². The Balaban J connectivity index is 1.84. The van der Waals surface area contributed by atoms with E-state index in [4.69, 9.17) is 14.2 Å². The third-order valence-corrected chi connectivity index (χ3v) is 5.49. The van der Waals surface area contributed by atoms with Crippen LogP contribution in [0.2, 0.25) is 0 Å². The van der Waals surface area contributed by atoms with Crippen molar-refractivity contribution in [1.29, 1.82) is 0 Å². The molecule has 1 aliphatic heterocycles. The van der Waals surface area contributed by atoms with Gasteiger partial charge >= 0.3 is 6.03 Å². The molecule has 0 bridgehead atoms. The van der Waals surface area contributed by atoms with Gasteiger partial charge < -0.3 is 24.4 Å². The molecule has 1 N–H and O–H groups in total. The van der Waals surface area contributed by atoms with E-state index in [0.29, 0.717) is 11.5 Å². The lowest BCUT2D eigenvalue weighted by Gasteiger charge is -2.31. The Morgan fingerprint density at radius 2 is 1.66 bits per heavy atom. The summed E-state index contributed by atoms with van der Waals surface area (Å²) in [6, 6.07) is 11.6. The highest BCUT2D eigenvalue weighted by Crippen LogP contribution is 2.35. The molecule has 0 saturated carbocycles. The van der Waals surface area contributed by atoms with Crippen molar-refractivity contribution in [2.24, 2.45) is 0 Å². The average Bonchev–Trinajstić information content (AvgIpc) is 3.01. The fraction of sp³-hybridized carbons (Fsp3) is 0.435. The molecule has 6 nitrogen and oxygen atoms in total. The maximum Gasteiger partial charge on any atom is 0.322 e. The molecule has 3 rings (SSSR count). The second-order valence-corrected chi connectivity index (χ2v) is 7.28. The zero-order valence-corrected chi connectivity index (χ0v) is 17.7. The summed E-state index contributed by atoms with van der Waals surface area (Å²) >= 11 is 0. The quantitative estimate of drug-likeness (QED) is 0.755. The Kier molecular flexibility index (Phi) is 6.86. The molecule has 1 heterocycles. The molecule has 0 aromatic heterocycles. The van der Waals surface area contributed by atoms with Crippen LogP contribution in [0.25, 0.3) is 0 Å². The summed E-state index contributed by atoms with van der Waals surface area (Å²) in [4.78, 5) is 15.2. The smallest absolute Gasteiger partial charge is 0.322 e. The monoisotopic (exact) mass is 398 g/mol. The number of benzene rings is 2. The summed E-state index contributed by atoms with van der Waals surface area (Å²) in [5.74, 6) is 2.06. The van der Waals surface area contributed by atoms with E-state index in [0.717, 1.165) is 54.8 Å². The number of likely N-dealkylation sites (tertiary alicyclic amines) is 1. The third-order valence-electron chi connectivity index (χ3n) is 5.49. The largest absolute Gasteiger partial charge is 0.497 e. The molecule has 29 heavy (non-hydrogen) atoms. The van der Waals surface area contributed by atoms with E-state index in [1.165, 1.54) is 0 Å². The Bertz CT molecular complexity index is 836. The van der Waals surface area contributed by atoms with E-state index in [2.05, 4.69) is 17.4 Å². The number of nitrogens with zero attached hydrogens (tertiary/aromatic N) is 1. The van der Waals surface area contributed by atoms with E-state index < -0.39 is 0 Å². The van der Waals surface area contributed by atoms with E-state index in [1.807, 2.05) is 36.1 Å². The van der Waals surface area contributed by atoms with Crippen LogP contribution in [0.3, 0.4) is 0 Å². The maximum atomic E-state index is 13.3. The molecule has 0 spiro atoms. The van der Waals surface area contributed by atoms with E-state index >= 15 is 0 Å². The molecule has 0 radical (unpaired) electrons. The maximum absolute atomic E-state index is 13.3. The van der Waals surface area contributed by atoms with Gasteiger partial charge in [-0.15, -0.1) is 0 Å². The first kappa shape index (κ1) is 20.8. The normalized spacial score (nSPS) is 16.7. The molecule has 1 atom stereocenters. The first-order valence-electron chi connectivity index (χ1n) is 10.0. The second-order valence-electron chi connectivity index (χ2n) is 7.28. The fourth-order valence-corrected chi connectivity index (χ4v) is 3.83. The number of methoxy groups -OCH3 is 3. The van der Waals surface area contributed by atoms with Crippen LogP contribution < -0.4 is 19.5 Å². The molecule has 1 aliphatic rings. The standard InChI is InChI=1S/C23H30N2O4/c1-16-14-21(28-3)22(29-4)15-19(16)24-23(26)25-13-7-5-6-8-20(25)17-9-11-18(27-2)12-10-17/h9-12,14-15,20H,5-8,13H2,1-4H3,(H,24,26). The van der Waals surface area contributed by atoms with Crippen LogP contribution in [0.4, 0.5) is 10.5 Å².